The fourth-order valence-corrected chi connectivity index (χ4v) is 5.30. The molecule has 172 valence electrons. The van der Waals surface area contributed by atoms with Crippen LogP contribution in [0.15, 0.2) is 66.0 Å². The minimum atomic E-state index is -0.488. The largest absolute Gasteiger partial charge is 0.486 e. The molecule has 0 radical (unpaired) electrons. The number of nitrogens with zero attached hydrogens (tertiary/aromatic N) is 1. The van der Waals surface area contributed by atoms with Crippen molar-refractivity contribution in [1.82, 2.24) is 4.98 Å². The quantitative estimate of drug-likeness (QED) is 0.364. The highest BCUT2D eigenvalue weighted by molar-refractivity contribution is 7.17. The molecule has 3 heterocycles. The van der Waals surface area contributed by atoms with E-state index in [0.717, 1.165) is 26.0 Å². The number of hydrogen-bond acceptors (Lipinski definition) is 8. The highest BCUT2D eigenvalue weighted by Crippen LogP contribution is 2.36. The summed E-state index contributed by atoms with van der Waals surface area (Å²) in [7, 11) is 0. The van der Waals surface area contributed by atoms with Crippen LogP contribution in [0.3, 0.4) is 0 Å². The van der Waals surface area contributed by atoms with Gasteiger partial charge < -0.3 is 19.5 Å². The molecule has 1 aliphatic rings. The number of carbonyl (C=O) groups excluding carboxylic acids is 2. The number of ether oxygens (including phenoxy) is 3. The minimum Gasteiger partial charge on any atom is -0.486 e. The van der Waals surface area contributed by atoms with Crippen molar-refractivity contribution >= 4 is 40.2 Å². The number of carbonyl (C=O) groups is 2. The number of rotatable bonds is 7. The summed E-state index contributed by atoms with van der Waals surface area (Å²) in [6, 6.07) is 18.9. The van der Waals surface area contributed by atoms with Crippen LogP contribution in [-0.2, 0) is 20.7 Å². The molecule has 0 bridgehead atoms. The van der Waals surface area contributed by atoms with Crippen LogP contribution in [0, 0.1) is 0 Å². The van der Waals surface area contributed by atoms with Gasteiger partial charge in [0.15, 0.2) is 18.1 Å². The van der Waals surface area contributed by atoms with Gasteiger partial charge in [-0.2, -0.15) is 0 Å². The van der Waals surface area contributed by atoms with Crippen LogP contribution in [0.1, 0.15) is 4.88 Å². The molecule has 4 aromatic rings. The molecular weight excluding hydrogens is 472 g/mol. The van der Waals surface area contributed by atoms with E-state index in [0.29, 0.717) is 30.4 Å². The topological polar surface area (TPSA) is 86.8 Å². The molecule has 0 fully saturated rings. The number of esters is 1. The number of thiazole rings is 1. The predicted octanol–water partition coefficient (Wildman–Crippen LogP) is 5.03. The highest BCUT2D eigenvalue weighted by Gasteiger charge is 2.19. The molecule has 0 saturated carbocycles. The van der Waals surface area contributed by atoms with E-state index in [4.69, 9.17) is 19.2 Å². The van der Waals surface area contributed by atoms with E-state index >= 15 is 0 Å². The number of anilines is 1. The number of nitrogens with one attached hydrogen (secondary N) is 1. The van der Waals surface area contributed by atoms with E-state index in [1.807, 2.05) is 47.8 Å². The average molecular weight is 493 g/mol. The second kappa shape index (κ2) is 10.1. The van der Waals surface area contributed by atoms with Crippen LogP contribution in [0.2, 0.25) is 0 Å². The second-order valence-corrected chi connectivity index (χ2v) is 9.41. The zero-order chi connectivity index (χ0) is 23.3. The van der Waals surface area contributed by atoms with Gasteiger partial charge in [0, 0.05) is 22.2 Å². The third-order valence-corrected chi connectivity index (χ3v) is 6.95. The lowest BCUT2D eigenvalue weighted by Gasteiger charge is -2.19. The Morgan fingerprint density at radius 3 is 2.62 bits per heavy atom. The van der Waals surface area contributed by atoms with Gasteiger partial charge in [-0.3, -0.25) is 9.59 Å². The lowest BCUT2D eigenvalue weighted by atomic mass is 10.2. The van der Waals surface area contributed by atoms with Crippen molar-refractivity contribution in [3.8, 4) is 32.6 Å². The molecule has 34 heavy (non-hydrogen) atoms. The van der Waals surface area contributed by atoms with Crippen molar-refractivity contribution in [3.63, 3.8) is 0 Å². The molecule has 0 unspecified atom stereocenters. The zero-order valence-corrected chi connectivity index (χ0v) is 19.6. The van der Waals surface area contributed by atoms with E-state index in [1.165, 1.54) is 11.3 Å². The van der Waals surface area contributed by atoms with Crippen molar-refractivity contribution in [2.45, 2.75) is 6.42 Å². The summed E-state index contributed by atoms with van der Waals surface area (Å²) < 4.78 is 16.3. The molecule has 1 aliphatic heterocycles. The van der Waals surface area contributed by atoms with Crippen molar-refractivity contribution in [2.24, 2.45) is 0 Å². The molecule has 5 rings (SSSR count). The van der Waals surface area contributed by atoms with Crippen molar-refractivity contribution < 1.29 is 23.8 Å². The van der Waals surface area contributed by atoms with Crippen LogP contribution in [-0.4, -0.2) is 36.7 Å². The molecule has 1 amide bonds. The smallest absolute Gasteiger partial charge is 0.311 e. The first-order chi connectivity index (χ1) is 16.7. The average Bonchev–Trinajstić information content (AvgIpc) is 3.53. The maximum absolute atomic E-state index is 12.6. The monoisotopic (exact) mass is 492 g/mol. The van der Waals surface area contributed by atoms with Crippen molar-refractivity contribution in [3.05, 3.63) is 70.9 Å². The third kappa shape index (κ3) is 5.11. The van der Waals surface area contributed by atoms with Crippen LogP contribution in [0.4, 0.5) is 5.69 Å². The van der Waals surface area contributed by atoms with Gasteiger partial charge >= 0.3 is 5.97 Å². The Bertz CT molecular complexity index is 1300. The normalized spacial score (nSPS) is 12.2. The second-order valence-electron chi connectivity index (χ2n) is 7.38. The number of aromatic nitrogens is 1. The lowest BCUT2D eigenvalue weighted by Crippen LogP contribution is -2.22. The maximum Gasteiger partial charge on any atom is 0.311 e. The summed E-state index contributed by atoms with van der Waals surface area (Å²) in [6.07, 6.45) is 0.0367. The SMILES string of the molecule is O=C(COC(=O)Cc1sc(-c2ccccc2)nc1-c1cccs1)Nc1ccc2c(c1)OCCO2. The van der Waals surface area contributed by atoms with E-state index in [9.17, 15) is 9.59 Å². The fourth-order valence-electron chi connectivity index (χ4n) is 3.43. The van der Waals surface area contributed by atoms with Crippen molar-refractivity contribution in [1.29, 1.82) is 0 Å². The number of amides is 1. The van der Waals surface area contributed by atoms with Gasteiger partial charge in [-0.05, 0) is 23.6 Å². The zero-order valence-electron chi connectivity index (χ0n) is 18.0. The van der Waals surface area contributed by atoms with Gasteiger partial charge in [-0.15, -0.1) is 22.7 Å². The van der Waals surface area contributed by atoms with Crippen molar-refractivity contribution in [2.75, 3.05) is 25.1 Å². The standard InChI is InChI=1S/C25H20N2O5S2/c28-22(26-17-8-9-18-19(13-17)31-11-10-30-18)15-32-23(29)14-21-24(20-7-4-12-33-20)27-25(34-21)16-5-2-1-3-6-16/h1-9,12-13H,10-11,14-15H2,(H,26,28). The molecule has 0 aliphatic carbocycles. The Morgan fingerprint density at radius 1 is 1.00 bits per heavy atom. The molecule has 9 heteroatoms. The number of fused-ring (bicyclic) bond motifs is 1. The lowest BCUT2D eigenvalue weighted by molar-refractivity contribution is -0.146. The Balaban J connectivity index is 1.23. The summed E-state index contributed by atoms with van der Waals surface area (Å²) in [5.41, 5.74) is 2.31. The van der Waals surface area contributed by atoms with Gasteiger partial charge in [0.05, 0.1) is 17.0 Å². The van der Waals surface area contributed by atoms with Crippen LogP contribution >= 0.6 is 22.7 Å². The third-order valence-electron chi connectivity index (χ3n) is 4.97. The first-order valence-corrected chi connectivity index (χ1v) is 12.3. The maximum atomic E-state index is 12.6. The Labute approximate surface area is 204 Å². The van der Waals surface area contributed by atoms with Gasteiger partial charge in [0.2, 0.25) is 0 Å². The number of thiophene rings is 1. The Hall–Kier alpha value is -3.69. The molecule has 2 aromatic carbocycles. The molecule has 7 nitrogen and oxygen atoms in total. The number of hydrogen-bond donors (Lipinski definition) is 1. The van der Waals surface area contributed by atoms with Crippen LogP contribution in [0.5, 0.6) is 11.5 Å². The van der Waals surface area contributed by atoms with Gasteiger partial charge in [0.25, 0.3) is 5.91 Å². The minimum absolute atomic E-state index is 0.0367. The molecule has 1 N–H and O–H groups in total. The molecule has 0 atom stereocenters. The summed E-state index contributed by atoms with van der Waals surface area (Å²) in [5.74, 6) is 0.286. The van der Waals surface area contributed by atoms with Gasteiger partial charge in [-0.25, -0.2) is 4.98 Å². The first-order valence-electron chi connectivity index (χ1n) is 10.6. The van der Waals surface area contributed by atoms with Crippen LogP contribution < -0.4 is 14.8 Å². The van der Waals surface area contributed by atoms with E-state index in [-0.39, 0.29) is 13.0 Å². The van der Waals surface area contributed by atoms with Gasteiger partial charge in [0.1, 0.15) is 18.2 Å². The summed E-state index contributed by atoms with van der Waals surface area (Å²) in [4.78, 5) is 31.5. The van der Waals surface area contributed by atoms with E-state index < -0.39 is 11.9 Å². The number of benzene rings is 2. The predicted molar refractivity (Wildman–Crippen MR) is 132 cm³/mol. The summed E-state index contributed by atoms with van der Waals surface area (Å²) in [6.45, 7) is 0.570. The van der Waals surface area contributed by atoms with Gasteiger partial charge in [-0.1, -0.05) is 36.4 Å². The fraction of sp³-hybridized carbons (Fsp3) is 0.160. The molecule has 2 aromatic heterocycles. The summed E-state index contributed by atoms with van der Waals surface area (Å²) >= 11 is 3.02. The summed E-state index contributed by atoms with van der Waals surface area (Å²) in [5, 5.41) is 5.52. The molecular formula is C25H20N2O5S2. The molecule has 0 spiro atoms. The van der Waals surface area contributed by atoms with Crippen LogP contribution in [0.25, 0.3) is 21.1 Å². The van der Waals surface area contributed by atoms with E-state index in [2.05, 4.69) is 5.32 Å². The Morgan fingerprint density at radius 2 is 1.82 bits per heavy atom. The highest BCUT2D eigenvalue weighted by atomic mass is 32.1. The first kappa shape index (κ1) is 22.1. The molecule has 0 saturated heterocycles. The van der Waals surface area contributed by atoms with E-state index in [1.54, 1.807) is 29.5 Å². The Kier molecular flexibility index (Phi) is 6.55.